The average Bonchev–Trinajstić information content (AvgIpc) is 3.16. The zero-order valence-electron chi connectivity index (χ0n) is 11.4. The lowest BCUT2D eigenvalue weighted by molar-refractivity contribution is 0.255. The van der Waals surface area contributed by atoms with Crippen LogP contribution in [0.2, 0.25) is 0 Å². The molecule has 1 N–H and O–H groups in total. The molecule has 1 fully saturated rings. The van der Waals surface area contributed by atoms with Crippen molar-refractivity contribution in [3.63, 3.8) is 0 Å². The van der Waals surface area contributed by atoms with E-state index in [4.69, 9.17) is 0 Å². The van der Waals surface area contributed by atoms with Gasteiger partial charge in [-0.25, -0.2) is 0 Å². The van der Waals surface area contributed by atoms with Gasteiger partial charge in [0.05, 0.1) is 0 Å². The third-order valence-corrected chi connectivity index (χ3v) is 4.28. The predicted octanol–water partition coefficient (Wildman–Crippen LogP) is 3.46. The molecule has 2 aliphatic rings. The molecule has 0 radical (unpaired) electrons. The minimum Gasteiger partial charge on any atom is -0.384 e. The standard InChI is InChI=1S/C16H24N2/c1-2-10-18(14-7-8-14)11-9-13-12-17-16-6-4-3-5-15(13)16/h3-6,13-14,17H,2,7-12H2,1H3. The molecule has 2 nitrogen and oxygen atoms in total. The molecule has 3 rings (SSSR count). The van der Waals surface area contributed by atoms with Gasteiger partial charge in [-0.2, -0.15) is 0 Å². The van der Waals surface area contributed by atoms with Gasteiger partial charge in [0.1, 0.15) is 0 Å². The molecule has 1 atom stereocenters. The van der Waals surface area contributed by atoms with E-state index in [9.17, 15) is 0 Å². The number of benzene rings is 1. The van der Waals surface area contributed by atoms with Gasteiger partial charge >= 0.3 is 0 Å². The summed E-state index contributed by atoms with van der Waals surface area (Å²) in [7, 11) is 0. The highest BCUT2D eigenvalue weighted by Gasteiger charge is 2.29. The first kappa shape index (κ1) is 12.0. The normalized spacial score (nSPS) is 22.0. The van der Waals surface area contributed by atoms with E-state index in [0.29, 0.717) is 0 Å². The lowest BCUT2D eigenvalue weighted by Gasteiger charge is -2.23. The molecule has 1 heterocycles. The van der Waals surface area contributed by atoms with Gasteiger partial charge in [0.15, 0.2) is 0 Å². The summed E-state index contributed by atoms with van der Waals surface area (Å²) in [6.07, 6.45) is 5.45. The maximum Gasteiger partial charge on any atom is 0.0376 e. The molecule has 18 heavy (non-hydrogen) atoms. The SMILES string of the molecule is CCCN(CCC1CNc2ccccc21)C1CC1. The molecular formula is C16H24N2. The van der Waals surface area contributed by atoms with E-state index in [-0.39, 0.29) is 0 Å². The zero-order valence-corrected chi connectivity index (χ0v) is 11.4. The molecular weight excluding hydrogens is 220 g/mol. The van der Waals surface area contributed by atoms with Crippen molar-refractivity contribution < 1.29 is 0 Å². The Morgan fingerprint density at radius 1 is 1.22 bits per heavy atom. The first-order valence-corrected chi connectivity index (χ1v) is 7.45. The molecule has 1 saturated carbocycles. The highest BCUT2D eigenvalue weighted by atomic mass is 15.2. The number of anilines is 1. The van der Waals surface area contributed by atoms with Crippen molar-refractivity contribution in [2.45, 2.75) is 44.6 Å². The van der Waals surface area contributed by atoms with Gasteiger partial charge in [-0.1, -0.05) is 25.1 Å². The third kappa shape index (κ3) is 2.54. The molecule has 2 heteroatoms. The van der Waals surface area contributed by atoms with Crippen molar-refractivity contribution in [1.29, 1.82) is 0 Å². The highest BCUT2D eigenvalue weighted by molar-refractivity contribution is 5.57. The van der Waals surface area contributed by atoms with Crippen molar-refractivity contribution in [2.75, 3.05) is 25.0 Å². The van der Waals surface area contributed by atoms with Gasteiger partial charge < -0.3 is 10.2 Å². The van der Waals surface area contributed by atoms with Gasteiger partial charge in [0.2, 0.25) is 0 Å². The van der Waals surface area contributed by atoms with Gasteiger partial charge in [-0.3, -0.25) is 0 Å². The van der Waals surface area contributed by atoms with E-state index in [1.54, 1.807) is 0 Å². The number of para-hydroxylation sites is 1. The van der Waals surface area contributed by atoms with Crippen LogP contribution < -0.4 is 5.32 Å². The second-order valence-corrected chi connectivity index (χ2v) is 5.72. The number of nitrogens with one attached hydrogen (secondary N) is 1. The fourth-order valence-corrected chi connectivity index (χ4v) is 3.14. The van der Waals surface area contributed by atoms with Crippen LogP contribution in [0.4, 0.5) is 5.69 Å². The summed E-state index contributed by atoms with van der Waals surface area (Å²) >= 11 is 0. The largest absolute Gasteiger partial charge is 0.384 e. The Bertz CT molecular complexity index is 398. The van der Waals surface area contributed by atoms with Gasteiger partial charge in [0, 0.05) is 24.2 Å². The van der Waals surface area contributed by atoms with Crippen LogP contribution >= 0.6 is 0 Å². The molecule has 0 aromatic heterocycles. The Labute approximate surface area is 110 Å². The fourth-order valence-electron chi connectivity index (χ4n) is 3.14. The fraction of sp³-hybridized carbons (Fsp3) is 0.625. The topological polar surface area (TPSA) is 15.3 Å². The molecule has 0 bridgehead atoms. The monoisotopic (exact) mass is 244 g/mol. The maximum atomic E-state index is 3.53. The molecule has 1 aromatic carbocycles. The van der Waals surface area contributed by atoms with E-state index in [1.165, 1.54) is 50.0 Å². The smallest absolute Gasteiger partial charge is 0.0376 e. The Balaban J connectivity index is 1.57. The van der Waals surface area contributed by atoms with Crippen LogP contribution in [0, 0.1) is 0 Å². The van der Waals surface area contributed by atoms with Crippen LogP contribution in [0.3, 0.4) is 0 Å². The quantitative estimate of drug-likeness (QED) is 0.824. The zero-order chi connectivity index (χ0) is 12.4. The Morgan fingerprint density at radius 3 is 2.83 bits per heavy atom. The van der Waals surface area contributed by atoms with Crippen molar-refractivity contribution in [1.82, 2.24) is 4.90 Å². The molecule has 1 aliphatic heterocycles. The lowest BCUT2D eigenvalue weighted by atomic mass is 9.97. The minimum absolute atomic E-state index is 0.722. The van der Waals surface area contributed by atoms with E-state index in [1.807, 2.05) is 0 Å². The van der Waals surface area contributed by atoms with Crippen LogP contribution in [-0.2, 0) is 0 Å². The first-order valence-electron chi connectivity index (χ1n) is 7.45. The average molecular weight is 244 g/mol. The summed E-state index contributed by atoms with van der Waals surface area (Å²) in [4.78, 5) is 2.71. The number of hydrogen-bond donors (Lipinski definition) is 1. The molecule has 0 saturated heterocycles. The summed E-state index contributed by atoms with van der Waals surface area (Å²) < 4.78 is 0. The van der Waals surface area contributed by atoms with E-state index in [0.717, 1.165) is 18.5 Å². The van der Waals surface area contributed by atoms with Crippen LogP contribution in [-0.4, -0.2) is 30.6 Å². The Kier molecular flexibility index (Phi) is 3.55. The molecule has 0 spiro atoms. The van der Waals surface area contributed by atoms with Crippen molar-refractivity contribution in [2.24, 2.45) is 0 Å². The van der Waals surface area contributed by atoms with Crippen LogP contribution in [0.25, 0.3) is 0 Å². The van der Waals surface area contributed by atoms with Crippen molar-refractivity contribution in [3.05, 3.63) is 29.8 Å². The number of fused-ring (bicyclic) bond motifs is 1. The molecule has 1 aliphatic carbocycles. The number of nitrogens with zero attached hydrogens (tertiary/aromatic N) is 1. The van der Waals surface area contributed by atoms with Gasteiger partial charge in [-0.15, -0.1) is 0 Å². The second-order valence-electron chi connectivity index (χ2n) is 5.72. The summed E-state index contributed by atoms with van der Waals surface area (Å²) in [5.74, 6) is 0.722. The van der Waals surface area contributed by atoms with Crippen LogP contribution in [0.5, 0.6) is 0 Å². The predicted molar refractivity (Wildman–Crippen MR) is 77.2 cm³/mol. The third-order valence-electron chi connectivity index (χ3n) is 4.28. The molecule has 1 unspecified atom stereocenters. The van der Waals surface area contributed by atoms with Gasteiger partial charge in [-0.05, 0) is 50.4 Å². The number of hydrogen-bond acceptors (Lipinski definition) is 2. The lowest BCUT2D eigenvalue weighted by Crippen LogP contribution is -2.29. The molecule has 98 valence electrons. The number of rotatable bonds is 6. The highest BCUT2D eigenvalue weighted by Crippen LogP contribution is 2.34. The molecule has 0 amide bonds. The maximum absolute atomic E-state index is 3.53. The second kappa shape index (κ2) is 5.31. The van der Waals surface area contributed by atoms with Gasteiger partial charge in [0.25, 0.3) is 0 Å². The first-order chi connectivity index (χ1) is 8.88. The van der Waals surface area contributed by atoms with Crippen LogP contribution in [0.1, 0.15) is 44.1 Å². The Hall–Kier alpha value is -1.02. The molecule has 1 aromatic rings. The van der Waals surface area contributed by atoms with Crippen molar-refractivity contribution in [3.8, 4) is 0 Å². The summed E-state index contributed by atoms with van der Waals surface area (Å²) in [6.45, 7) is 5.98. The summed E-state index contributed by atoms with van der Waals surface area (Å²) in [6, 6.07) is 9.71. The minimum atomic E-state index is 0.722. The van der Waals surface area contributed by atoms with E-state index < -0.39 is 0 Å². The van der Waals surface area contributed by atoms with E-state index >= 15 is 0 Å². The van der Waals surface area contributed by atoms with Crippen LogP contribution in [0.15, 0.2) is 24.3 Å². The Morgan fingerprint density at radius 2 is 2.06 bits per heavy atom. The van der Waals surface area contributed by atoms with Crippen molar-refractivity contribution >= 4 is 5.69 Å². The summed E-state index contributed by atoms with van der Waals surface area (Å²) in [5, 5.41) is 3.53. The summed E-state index contributed by atoms with van der Waals surface area (Å²) in [5.41, 5.74) is 2.89. The van der Waals surface area contributed by atoms with E-state index in [2.05, 4.69) is 41.4 Å².